The number of aromatic nitrogens is 7. The number of aromatic amines is 1. The Morgan fingerprint density at radius 2 is 2.14 bits per heavy atom. The van der Waals surface area contributed by atoms with Crippen LogP contribution in [0.1, 0.15) is 28.9 Å². The molecule has 6 rings (SSSR count). The summed E-state index contributed by atoms with van der Waals surface area (Å²) < 4.78 is 8.09. The first-order chi connectivity index (χ1) is 18.0. The zero-order chi connectivity index (χ0) is 25.5. The van der Waals surface area contributed by atoms with Crippen LogP contribution in [0.5, 0.6) is 0 Å². The zero-order valence-electron chi connectivity index (χ0n) is 19.6. The number of tetrazole rings is 1. The van der Waals surface area contributed by atoms with Gasteiger partial charge < -0.3 is 14.3 Å². The first-order valence-corrected chi connectivity index (χ1v) is 12.7. The predicted octanol–water partition coefficient (Wildman–Crippen LogP) is 3.85. The summed E-state index contributed by atoms with van der Waals surface area (Å²) in [7, 11) is 1.38. The average molecular weight is 534 g/mol. The number of esters is 1. The molecule has 0 bridgehead atoms. The highest BCUT2D eigenvalue weighted by atomic mass is 35.5. The Kier molecular flexibility index (Phi) is 5.93. The summed E-state index contributed by atoms with van der Waals surface area (Å²) >= 11 is 7.80. The monoisotopic (exact) mass is 533 g/mol. The molecule has 5 heterocycles. The number of rotatable bonds is 6. The molecule has 0 unspecified atom stereocenters. The number of fused-ring (bicyclic) bond motifs is 1. The van der Waals surface area contributed by atoms with Crippen molar-refractivity contribution in [2.45, 2.75) is 25.3 Å². The van der Waals surface area contributed by atoms with Crippen molar-refractivity contribution in [3.05, 3.63) is 86.8 Å². The second kappa shape index (κ2) is 9.41. The molecular formula is C25H20ClN7O3S. The van der Waals surface area contributed by atoms with Crippen molar-refractivity contribution in [1.29, 1.82) is 0 Å². The maximum atomic E-state index is 13.4. The molecule has 4 aromatic heterocycles. The Balaban J connectivity index is 1.32. The lowest BCUT2D eigenvalue weighted by molar-refractivity contribution is -0.139. The van der Waals surface area contributed by atoms with E-state index in [1.54, 1.807) is 27.6 Å². The molecule has 0 saturated carbocycles. The number of nitrogens with one attached hydrogen (secondary N) is 1. The number of nitrogens with zero attached hydrogens (tertiary/aromatic N) is 6. The highest BCUT2D eigenvalue weighted by molar-refractivity contribution is 7.15. The number of H-pyrrole nitrogens is 1. The van der Waals surface area contributed by atoms with Crippen molar-refractivity contribution in [2.24, 2.45) is 0 Å². The molecule has 1 aromatic carbocycles. The molecule has 0 radical (unpaired) electrons. The van der Waals surface area contributed by atoms with E-state index >= 15 is 0 Å². The van der Waals surface area contributed by atoms with Crippen molar-refractivity contribution >= 4 is 28.9 Å². The van der Waals surface area contributed by atoms with Gasteiger partial charge in [0.1, 0.15) is 12.2 Å². The van der Waals surface area contributed by atoms with Crippen LogP contribution in [0.4, 0.5) is 0 Å². The van der Waals surface area contributed by atoms with Crippen molar-refractivity contribution in [2.75, 3.05) is 7.11 Å². The largest absolute Gasteiger partial charge is 0.469 e. The average Bonchev–Trinajstić information content (AvgIpc) is 3.70. The lowest BCUT2D eigenvalue weighted by atomic mass is 10.0. The van der Waals surface area contributed by atoms with Gasteiger partial charge >= 0.3 is 5.97 Å². The van der Waals surface area contributed by atoms with Crippen molar-refractivity contribution < 1.29 is 9.53 Å². The Morgan fingerprint density at radius 1 is 1.24 bits per heavy atom. The molecule has 0 aliphatic carbocycles. The standard InChI is InChI=1S/C25H20ClN7O3S/c1-36-24(35)11-17-4-7-22(37-17)19-12-27-25(29-19)21-6-3-16-8-14(9-23(34)33(16)21)18-10-15(26)2-5-20(18)32-13-28-30-31-32/h2,4-5,7-10,12-13,21H,3,6,11H2,1H3,(H,27,29)/t21-/m0/s1. The Hall–Kier alpha value is -4.09. The molecule has 0 fully saturated rings. The van der Waals surface area contributed by atoms with E-state index in [0.29, 0.717) is 5.02 Å². The maximum Gasteiger partial charge on any atom is 0.310 e. The molecule has 1 aliphatic rings. The van der Waals surface area contributed by atoms with Gasteiger partial charge in [-0.2, -0.15) is 4.68 Å². The van der Waals surface area contributed by atoms with Crippen molar-refractivity contribution in [3.63, 3.8) is 0 Å². The fourth-order valence-electron chi connectivity index (χ4n) is 4.68. The Bertz CT molecular complexity index is 1670. The van der Waals surface area contributed by atoms with Gasteiger partial charge in [-0.15, -0.1) is 16.4 Å². The maximum absolute atomic E-state index is 13.4. The van der Waals surface area contributed by atoms with Gasteiger partial charge in [0.05, 0.1) is 42.0 Å². The topological polar surface area (TPSA) is 121 Å². The minimum atomic E-state index is -0.275. The molecule has 5 aromatic rings. The first-order valence-electron chi connectivity index (χ1n) is 11.5. The van der Waals surface area contributed by atoms with E-state index in [2.05, 4.69) is 25.5 Å². The van der Waals surface area contributed by atoms with Gasteiger partial charge in [-0.25, -0.2) is 4.98 Å². The SMILES string of the molecule is COC(=O)Cc1ccc(-c2cnc([C@@H]3CCc4cc(-c5cc(Cl)ccc5-n5cnnn5)cc(=O)n43)[nH]2)s1. The molecule has 1 N–H and O–H groups in total. The summed E-state index contributed by atoms with van der Waals surface area (Å²) in [6.07, 6.45) is 4.98. The van der Waals surface area contributed by atoms with Crippen LogP contribution in [-0.2, 0) is 22.4 Å². The van der Waals surface area contributed by atoms with Crippen LogP contribution in [0.25, 0.3) is 27.4 Å². The third-order valence-corrected chi connectivity index (χ3v) is 7.74. The predicted molar refractivity (Wildman–Crippen MR) is 138 cm³/mol. The van der Waals surface area contributed by atoms with Crippen LogP contribution >= 0.6 is 22.9 Å². The van der Waals surface area contributed by atoms with Gasteiger partial charge in [0.15, 0.2) is 0 Å². The van der Waals surface area contributed by atoms with E-state index in [0.717, 1.165) is 56.6 Å². The lowest BCUT2D eigenvalue weighted by Gasteiger charge is -2.15. The summed E-state index contributed by atoms with van der Waals surface area (Å²) in [6, 6.07) is 12.7. The normalized spacial score (nSPS) is 14.6. The number of carbonyl (C=O) groups is 1. The van der Waals surface area contributed by atoms with Crippen LogP contribution in [0.15, 0.2) is 59.8 Å². The highest BCUT2D eigenvalue weighted by Crippen LogP contribution is 2.35. The quantitative estimate of drug-likeness (QED) is 0.329. The highest BCUT2D eigenvalue weighted by Gasteiger charge is 2.28. The van der Waals surface area contributed by atoms with E-state index < -0.39 is 0 Å². The molecule has 1 atom stereocenters. The van der Waals surface area contributed by atoms with Gasteiger partial charge in [0.25, 0.3) is 5.56 Å². The number of thiophene rings is 1. The molecule has 0 spiro atoms. The molecule has 10 nitrogen and oxygen atoms in total. The molecule has 0 saturated heterocycles. The van der Waals surface area contributed by atoms with Gasteiger partial charge in [-0.3, -0.25) is 9.59 Å². The molecule has 37 heavy (non-hydrogen) atoms. The molecule has 12 heteroatoms. The van der Waals surface area contributed by atoms with Crippen LogP contribution in [-0.4, -0.2) is 47.8 Å². The third kappa shape index (κ3) is 4.36. The van der Waals surface area contributed by atoms with Crippen LogP contribution < -0.4 is 5.56 Å². The van der Waals surface area contributed by atoms with Crippen LogP contribution in [0.3, 0.4) is 0 Å². The number of hydrogen-bond acceptors (Lipinski definition) is 8. The van der Waals surface area contributed by atoms with Gasteiger partial charge in [-0.1, -0.05) is 11.6 Å². The lowest BCUT2D eigenvalue weighted by Crippen LogP contribution is -2.23. The summed E-state index contributed by atoms with van der Waals surface area (Å²) in [5, 5.41) is 12.0. The second-order valence-electron chi connectivity index (χ2n) is 8.61. The number of aryl methyl sites for hydroxylation is 1. The number of halogens is 1. The number of methoxy groups -OCH3 is 1. The molecule has 0 amide bonds. The van der Waals surface area contributed by atoms with E-state index in [1.165, 1.54) is 24.8 Å². The first kappa shape index (κ1) is 23.3. The van der Waals surface area contributed by atoms with Crippen molar-refractivity contribution in [3.8, 4) is 27.4 Å². The summed E-state index contributed by atoms with van der Waals surface area (Å²) in [5.74, 6) is 0.450. The van der Waals surface area contributed by atoms with E-state index in [9.17, 15) is 9.59 Å². The van der Waals surface area contributed by atoms with Gasteiger partial charge in [0, 0.05) is 27.2 Å². The number of hydrogen-bond donors (Lipinski definition) is 1. The Labute approximate surface area is 219 Å². The number of benzene rings is 1. The smallest absolute Gasteiger partial charge is 0.310 e. The fraction of sp³-hybridized carbons (Fsp3) is 0.200. The van der Waals surface area contributed by atoms with Crippen LogP contribution in [0, 0.1) is 0 Å². The summed E-state index contributed by atoms with van der Waals surface area (Å²) in [4.78, 5) is 34.8. The van der Waals surface area contributed by atoms with Crippen molar-refractivity contribution in [1.82, 2.24) is 34.7 Å². The van der Waals surface area contributed by atoms with E-state index in [-0.39, 0.29) is 24.0 Å². The third-order valence-electron chi connectivity index (χ3n) is 6.38. The number of pyridine rings is 1. The fourth-order valence-corrected chi connectivity index (χ4v) is 5.81. The van der Waals surface area contributed by atoms with E-state index in [1.807, 2.05) is 30.3 Å². The minimum absolute atomic E-state index is 0.118. The number of imidazole rings is 1. The Morgan fingerprint density at radius 3 is 2.95 bits per heavy atom. The molecule has 186 valence electrons. The van der Waals surface area contributed by atoms with Gasteiger partial charge in [0.2, 0.25) is 0 Å². The van der Waals surface area contributed by atoms with Crippen LogP contribution in [0.2, 0.25) is 5.02 Å². The molecule has 1 aliphatic heterocycles. The minimum Gasteiger partial charge on any atom is -0.469 e. The van der Waals surface area contributed by atoms with E-state index in [4.69, 9.17) is 16.3 Å². The summed E-state index contributed by atoms with van der Waals surface area (Å²) in [5.41, 5.74) is 3.90. The second-order valence-corrected chi connectivity index (χ2v) is 10.2. The molecular weight excluding hydrogens is 514 g/mol. The van der Waals surface area contributed by atoms with Gasteiger partial charge in [-0.05, 0) is 65.2 Å². The number of ether oxygens (including phenoxy) is 1. The zero-order valence-corrected chi connectivity index (χ0v) is 21.2. The summed E-state index contributed by atoms with van der Waals surface area (Å²) in [6.45, 7) is 0. The number of carbonyl (C=O) groups excluding carboxylic acids is 1.